The zero-order chi connectivity index (χ0) is 17.6. The fourth-order valence-electron chi connectivity index (χ4n) is 2.23. The lowest BCUT2D eigenvalue weighted by molar-refractivity contribution is -0.111. The predicted octanol–water partition coefficient (Wildman–Crippen LogP) is 3.71. The summed E-state index contributed by atoms with van der Waals surface area (Å²) in [7, 11) is 0. The van der Waals surface area contributed by atoms with E-state index in [1.54, 1.807) is 22.9 Å². The molecule has 6 nitrogen and oxygen atoms in total. The molecule has 2 aromatic heterocycles. The third-order valence-electron chi connectivity index (χ3n) is 3.33. The fourth-order valence-corrected chi connectivity index (χ4v) is 2.89. The third kappa shape index (κ3) is 3.65. The van der Waals surface area contributed by atoms with Crippen LogP contribution in [0.3, 0.4) is 0 Å². The van der Waals surface area contributed by atoms with E-state index in [1.165, 1.54) is 24.1 Å². The number of rotatable bonds is 5. The van der Waals surface area contributed by atoms with E-state index in [1.807, 2.05) is 36.6 Å². The Balaban J connectivity index is 1.90. The molecule has 0 aliphatic rings. The minimum absolute atomic E-state index is 0.227. The predicted molar refractivity (Wildman–Crippen MR) is 96.4 cm³/mol. The molecule has 0 unspecified atom stereocenters. The Labute approximate surface area is 148 Å². The van der Waals surface area contributed by atoms with Gasteiger partial charge in [-0.3, -0.25) is 4.79 Å². The molecule has 0 bridgehead atoms. The zero-order valence-electron chi connectivity index (χ0n) is 13.3. The van der Waals surface area contributed by atoms with Crippen LogP contribution in [0.4, 0.5) is 5.82 Å². The monoisotopic (exact) mass is 350 g/mol. The van der Waals surface area contributed by atoms with Crippen LogP contribution in [-0.4, -0.2) is 21.9 Å². The van der Waals surface area contributed by atoms with Crippen LogP contribution in [0, 0.1) is 11.3 Å². The van der Waals surface area contributed by atoms with Crippen molar-refractivity contribution in [2.45, 2.75) is 5.03 Å². The maximum Gasteiger partial charge on any atom is 0.249 e. The number of furan rings is 1. The van der Waals surface area contributed by atoms with Gasteiger partial charge in [0.1, 0.15) is 22.4 Å². The van der Waals surface area contributed by atoms with Crippen molar-refractivity contribution in [2.75, 3.05) is 11.6 Å². The van der Waals surface area contributed by atoms with Crippen LogP contribution in [0.5, 0.6) is 0 Å². The molecule has 0 atom stereocenters. The molecule has 0 fully saturated rings. The Morgan fingerprint density at radius 1 is 1.32 bits per heavy atom. The number of amides is 1. The second kappa shape index (κ2) is 7.55. The summed E-state index contributed by atoms with van der Waals surface area (Å²) in [5.41, 5.74) is 1.14. The largest absolute Gasteiger partial charge is 0.465 e. The molecule has 0 saturated carbocycles. The van der Waals surface area contributed by atoms with Crippen LogP contribution in [-0.2, 0) is 4.79 Å². The van der Waals surface area contributed by atoms with Gasteiger partial charge in [-0.15, -0.1) is 16.9 Å². The van der Waals surface area contributed by atoms with Crippen molar-refractivity contribution in [3.05, 3.63) is 66.1 Å². The maximum atomic E-state index is 12.1. The maximum absolute atomic E-state index is 12.1. The molecule has 2 heterocycles. The van der Waals surface area contributed by atoms with Gasteiger partial charge in [0.15, 0.2) is 5.82 Å². The summed E-state index contributed by atoms with van der Waals surface area (Å²) in [5, 5.41) is 17.2. The molecular formula is C18H14N4O2S. The number of hydrogen-bond acceptors (Lipinski definition) is 5. The topological polar surface area (TPSA) is 83.8 Å². The van der Waals surface area contributed by atoms with Crippen molar-refractivity contribution in [2.24, 2.45) is 0 Å². The van der Waals surface area contributed by atoms with Gasteiger partial charge < -0.3 is 9.73 Å². The van der Waals surface area contributed by atoms with Crippen LogP contribution >= 0.6 is 11.8 Å². The number of para-hydroxylation sites is 1. The minimum atomic E-state index is -0.390. The van der Waals surface area contributed by atoms with Gasteiger partial charge in [-0.05, 0) is 36.6 Å². The zero-order valence-corrected chi connectivity index (χ0v) is 14.2. The first-order chi connectivity index (χ1) is 12.2. The number of hydrogen-bond donors (Lipinski definition) is 1. The van der Waals surface area contributed by atoms with Crippen molar-refractivity contribution >= 4 is 29.6 Å². The van der Waals surface area contributed by atoms with Gasteiger partial charge >= 0.3 is 0 Å². The smallest absolute Gasteiger partial charge is 0.249 e. The Morgan fingerprint density at radius 3 is 2.76 bits per heavy atom. The van der Waals surface area contributed by atoms with E-state index in [0.717, 1.165) is 5.69 Å². The van der Waals surface area contributed by atoms with E-state index in [4.69, 9.17) is 4.42 Å². The van der Waals surface area contributed by atoms with E-state index in [2.05, 4.69) is 16.5 Å². The van der Waals surface area contributed by atoms with Crippen molar-refractivity contribution < 1.29 is 9.21 Å². The lowest BCUT2D eigenvalue weighted by Crippen LogP contribution is -2.09. The van der Waals surface area contributed by atoms with Crippen LogP contribution < -0.4 is 5.32 Å². The normalized spacial score (nSPS) is 10.7. The summed E-state index contributed by atoms with van der Waals surface area (Å²) >= 11 is 1.39. The molecule has 0 aliphatic carbocycles. The van der Waals surface area contributed by atoms with Gasteiger partial charge in [0.25, 0.3) is 0 Å². The highest BCUT2D eigenvalue weighted by Gasteiger charge is 2.19. The Bertz CT molecular complexity index is 938. The van der Waals surface area contributed by atoms with E-state index < -0.39 is 5.91 Å². The average Bonchev–Trinajstić information content (AvgIpc) is 3.28. The average molecular weight is 350 g/mol. The molecular weight excluding hydrogens is 336 g/mol. The van der Waals surface area contributed by atoms with Crippen molar-refractivity contribution in [3.8, 4) is 11.8 Å². The third-order valence-corrected chi connectivity index (χ3v) is 4.10. The fraction of sp³-hybridized carbons (Fsp3) is 0.0556. The van der Waals surface area contributed by atoms with E-state index in [0.29, 0.717) is 16.3 Å². The number of nitrogens with zero attached hydrogens (tertiary/aromatic N) is 3. The highest BCUT2D eigenvalue weighted by atomic mass is 32.2. The van der Waals surface area contributed by atoms with E-state index in [9.17, 15) is 10.1 Å². The van der Waals surface area contributed by atoms with Crippen LogP contribution in [0.15, 0.2) is 64.2 Å². The first-order valence-corrected chi connectivity index (χ1v) is 8.60. The standard InChI is InChI=1S/C18H14N4O2S/c1-25-18-15(12-19)17(21-22(18)13-6-3-2-4-7-13)20-16(23)10-9-14-8-5-11-24-14/h2-11H,1H3,(H,20,21,23). The Kier molecular flexibility index (Phi) is 5.02. The molecule has 7 heteroatoms. The molecule has 0 aliphatic heterocycles. The number of aromatic nitrogens is 2. The van der Waals surface area contributed by atoms with Crippen molar-refractivity contribution in [1.29, 1.82) is 5.26 Å². The number of carbonyl (C=O) groups is 1. The summed E-state index contributed by atoms with van der Waals surface area (Å²) < 4.78 is 6.78. The highest BCUT2D eigenvalue weighted by Crippen LogP contribution is 2.29. The summed E-state index contributed by atoms with van der Waals surface area (Å²) in [6, 6.07) is 15.0. The number of thioether (sulfide) groups is 1. The Morgan fingerprint density at radius 2 is 2.12 bits per heavy atom. The molecule has 124 valence electrons. The van der Waals surface area contributed by atoms with Crippen LogP contribution in [0.25, 0.3) is 11.8 Å². The summed E-state index contributed by atoms with van der Waals surface area (Å²) in [6.45, 7) is 0. The van der Waals surface area contributed by atoms with Gasteiger partial charge in [0.2, 0.25) is 5.91 Å². The second-order valence-corrected chi connectivity index (χ2v) is 5.72. The molecule has 1 N–H and O–H groups in total. The number of nitrogens with one attached hydrogen (secondary N) is 1. The van der Waals surface area contributed by atoms with Gasteiger partial charge in [-0.25, -0.2) is 4.68 Å². The molecule has 1 aromatic carbocycles. The van der Waals surface area contributed by atoms with Crippen LogP contribution in [0.1, 0.15) is 11.3 Å². The van der Waals surface area contributed by atoms with E-state index >= 15 is 0 Å². The molecule has 25 heavy (non-hydrogen) atoms. The van der Waals surface area contributed by atoms with E-state index in [-0.39, 0.29) is 5.82 Å². The van der Waals surface area contributed by atoms with Gasteiger partial charge in [0.05, 0.1) is 12.0 Å². The molecule has 3 rings (SSSR count). The van der Waals surface area contributed by atoms with Crippen molar-refractivity contribution in [1.82, 2.24) is 9.78 Å². The molecule has 0 saturated heterocycles. The lowest BCUT2D eigenvalue weighted by Gasteiger charge is -2.04. The Hall–Kier alpha value is -3.24. The second-order valence-electron chi connectivity index (χ2n) is 4.93. The summed E-state index contributed by atoms with van der Waals surface area (Å²) in [5.74, 6) is 0.401. The number of carbonyl (C=O) groups excluding carboxylic acids is 1. The number of nitriles is 1. The number of benzene rings is 1. The lowest BCUT2D eigenvalue weighted by atomic mass is 10.3. The molecule has 1 amide bonds. The summed E-state index contributed by atoms with van der Waals surface area (Å²) in [4.78, 5) is 12.1. The molecule has 3 aromatic rings. The minimum Gasteiger partial charge on any atom is -0.465 e. The van der Waals surface area contributed by atoms with Gasteiger partial charge in [0, 0.05) is 6.08 Å². The first kappa shape index (κ1) is 16.6. The molecule has 0 spiro atoms. The van der Waals surface area contributed by atoms with Gasteiger partial charge in [-0.2, -0.15) is 5.26 Å². The highest BCUT2D eigenvalue weighted by molar-refractivity contribution is 7.98. The van der Waals surface area contributed by atoms with Crippen LogP contribution in [0.2, 0.25) is 0 Å². The summed E-state index contributed by atoms with van der Waals surface area (Å²) in [6.07, 6.45) is 6.27. The number of anilines is 1. The SMILES string of the molecule is CSc1c(C#N)c(NC(=O)C=Cc2ccco2)nn1-c1ccccc1. The van der Waals surface area contributed by atoms with Gasteiger partial charge in [-0.1, -0.05) is 18.2 Å². The van der Waals surface area contributed by atoms with Crippen molar-refractivity contribution in [3.63, 3.8) is 0 Å². The molecule has 0 radical (unpaired) electrons. The quantitative estimate of drug-likeness (QED) is 0.560. The first-order valence-electron chi connectivity index (χ1n) is 7.38.